The SMILES string of the molecule is CC.Cc1csc(N2CC(N(C)C)C2)n1. The molecule has 4 heteroatoms. The van der Waals surface area contributed by atoms with Crippen molar-refractivity contribution in [3.8, 4) is 0 Å². The zero-order chi connectivity index (χ0) is 11.4. The molecule has 2 rings (SSSR count). The predicted octanol–water partition coefficient (Wildman–Crippen LogP) is 2.23. The number of rotatable bonds is 2. The van der Waals surface area contributed by atoms with Crippen molar-refractivity contribution < 1.29 is 0 Å². The summed E-state index contributed by atoms with van der Waals surface area (Å²) in [6, 6.07) is 0.712. The van der Waals surface area contributed by atoms with Crippen LogP contribution in [-0.2, 0) is 0 Å². The van der Waals surface area contributed by atoms with Crippen molar-refractivity contribution in [2.45, 2.75) is 26.8 Å². The highest BCUT2D eigenvalue weighted by Gasteiger charge is 2.29. The van der Waals surface area contributed by atoms with E-state index in [0.717, 1.165) is 18.8 Å². The van der Waals surface area contributed by atoms with Crippen LogP contribution in [0.15, 0.2) is 5.38 Å². The van der Waals surface area contributed by atoms with Crippen LogP contribution >= 0.6 is 11.3 Å². The molecule has 1 fully saturated rings. The minimum atomic E-state index is 0.712. The van der Waals surface area contributed by atoms with Gasteiger partial charge in [0.05, 0.1) is 5.69 Å². The fourth-order valence-electron chi connectivity index (χ4n) is 1.42. The van der Waals surface area contributed by atoms with E-state index in [9.17, 15) is 0 Å². The Labute approximate surface area is 96.7 Å². The number of nitrogens with zero attached hydrogens (tertiary/aromatic N) is 3. The molecule has 0 bridgehead atoms. The molecular weight excluding hydrogens is 206 g/mol. The van der Waals surface area contributed by atoms with Crippen molar-refractivity contribution in [1.29, 1.82) is 0 Å². The van der Waals surface area contributed by atoms with Crippen LogP contribution in [0.1, 0.15) is 19.5 Å². The lowest BCUT2D eigenvalue weighted by atomic mass is 10.1. The van der Waals surface area contributed by atoms with E-state index in [0.29, 0.717) is 6.04 Å². The minimum Gasteiger partial charge on any atom is -0.345 e. The van der Waals surface area contributed by atoms with E-state index in [1.807, 2.05) is 20.8 Å². The zero-order valence-corrected chi connectivity index (χ0v) is 11.1. The standard InChI is InChI=1S/C9H15N3S.C2H6/c1-7-6-13-9(10-7)12-4-8(5-12)11(2)3;1-2/h6,8H,4-5H2,1-3H3;1-2H3. The lowest BCUT2D eigenvalue weighted by Crippen LogP contribution is -2.57. The highest BCUT2D eigenvalue weighted by molar-refractivity contribution is 7.13. The van der Waals surface area contributed by atoms with Gasteiger partial charge >= 0.3 is 0 Å². The van der Waals surface area contributed by atoms with E-state index in [-0.39, 0.29) is 0 Å². The second-order valence-electron chi connectivity index (χ2n) is 3.79. The van der Waals surface area contributed by atoms with Crippen molar-refractivity contribution >= 4 is 16.5 Å². The molecule has 1 saturated heterocycles. The van der Waals surface area contributed by atoms with Crippen LogP contribution in [-0.4, -0.2) is 43.1 Å². The summed E-state index contributed by atoms with van der Waals surface area (Å²) in [6.45, 7) is 8.29. The van der Waals surface area contributed by atoms with Gasteiger partial charge in [-0.05, 0) is 21.0 Å². The molecule has 0 aliphatic carbocycles. The van der Waals surface area contributed by atoms with E-state index in [1.165, 1.54) is 5.13 Å². The Balaban J connectivity index is 0.000000531. The summed E-state index contributed by atoms with van der Waals surface area (Å²) in [5, 5.41) is 3.29. The molecule has 0 N–H and O–H groups in total. The van der Waals surface area contributed by atoms with Gasteiger partial charge in [-0.15, -0.1) is 11.3 Å². The van der Waals surface area contributed by atoms with Gasteiger partial charge in [-0.1, -0.05) is 13.8 Å². The van der Waals surface area contributed by atoms with Crippen molar-refractivity contribution in [1.82, 2.24) is 9.88 Å². The van der Waals surface area contributed by atoms with Gasteiger partial charge in [-0.25, -0.2) is 4.98 Å². The van der Waals surface area contributed by atoms with Crippen LogP contribution in [0.2, 0.25) is 0 Å². The third-order valence-corrected chi connectivity index (χ3v) is 3.49. The van der Waals surface area contributed by atoms with Gasteiger partial charge in [0, 0.05) is 24.5 Å². The number of aromatic nitrogens is 1. The maximum absolute atomic E-state index is 4.45. The highest BCUT2D eigenvalue weighted by Crippen LogP contribution is 2.25. The molecular formula is C11H21N3S. The summed E-state index contributed by atoms with van der Waals surface area (Å²) >= 11 is 1.74. The maximum Gasteiger partial charge on any atom is 0.185 e. The number of hydrogen-bond acceptors (Lipinski definition) is 4. The lowest BCUT2D eigenvalue weighted by molar-refractivity contribution is 0.247. The average molecular weight is 227 g/mol. The van der Waals surface area contributed by atoms with Gasteiger partial charge in [-0.2, -0.15) is 0 Å². The Bertz CT molecular complexity index is 290. The average Bonchev–Trinajstić information content (AvgIpc) is 2.52. The van der Waals surface area contributed by atoms with Gasteiger partial charge < -0.3 is 9.80 Å². The number of aryl methyl sites for hydroxylation is 1. The second-order valence-corrected chi connectivity index (χ2v) is 4.63. The Morgan fingerprint density at radius 2 is 2.00 bits per heavy atom. The molecule has 0 saturated carbocycles. The van der Waals surface area contributed by atoms with Crippen LogP contribution < -0.4 is 4.90 Å². The van der Waals surface area contributed by atoms with Gasteiger partial charge in [0.15, 0.2) is 5.13 Å². The molecule has 0 unspecified atom stereocenters. The first-order chi connectivity index (χ1) is 7.16. The van der Waals surface area contributed by atoms with Crippen molar-refractivity contribution in [3.05, 3.63) is 11.1 Å². The molecule has 15 heavy (non-hydrogen) atoms. The third kappa shape index (κ3) is 2.92. The van der Waals surface area contributed by atoms with Crippen molar-refractivity contribution in [3.63, 3.8) is 0 Å². The molecule has 0 radical (unpaired) electrons. The molecule has 2 heterocycles. The molecule has 3 nitrogen and oxygen atoms in total. The molecule has 0 amide bonds. The lowest BCUT2D eigenvalue weighted by Gasteiger charge is -2.42. The fraction of sp³-hybridized carbons (Fsp3) is 0.727. The molecule has 1 aliphatic rings. The fourth-order valence-corrected chi connectivity index (χ4v) is 2.25. The molecule has 0 atom stereocenters. The van der Waals surface area contributed by atoms with Gasteiger partial charge in [0.2, 0.25) is 0 Å². The quantitative estimate of drug-likeness (QED) is 0.772. The molecule has 1 aromatic rings. The molecule has 0 aromatic carbocycles. The monoisotopic (exact) mass is 227 g/mol. The normalized spacial score (nSPS) is 16.0. The Hall–Kier alpha value is -0.610. The van der Waals surface area contributed by atoms with Gasteiger partial charge in [0.1, 0.15) is 0 Å². The van der Waals surface area contributed by atoms with Crippen LogP contribution in [0.5, 0.6) is 0 Å². The first kappa shape index (κ1) is 12.5. The van der Waals surface area contributed by atoms with Gasteiger partial charge in [-0.3, -0.25) is 0 Å². The summed E-state index contributed by atoms with van der Waals surface area (Å²) in [5.41, 5.74) is 1.13. The number of anilines is 1. The number of likely N-dealkylation sites (N-methyl/N-ethyl adjacent to an activating group) is 1. The van der Waals surface area contributed by atoms with E-state index in [2.05, 4.69) is 34.3 Å². The van der Waals surface area contributed by atoms with Crippen molar-refractivity contribution in [2.75, 3.05) is 32.1 Å². The predicted molar refractivity (Wildman–Crippen MR) is 67.9 cm³/mol. The molecule has 1 aliphatic heterocycles. The third-order valence-electron chi connectivity index (χ3n) is 2.47. The summed E-state index contributed by atoms with van der Waals surface area (Å²) in [4.78, 5) is 9.06. The van der Waals surface area contributed by atoms with Crippen LogP contribution in [0, 0.1) is 6.92 Å². The zero-order valence-electron chi connectivity index (χ0n) is 10.3. The molecule has 1 aromatic heterocycles. The number of thiazole rings is 1. The van der Waals surface area contributed by atoms with Crippen molar-refractivity contribution in [2.24, 2.45) is 0 Å². The molecule has 86 valence electrons. The first-order valence-electron chi connectivity index (χ1n) is 5.50. The largest absolute Gasteiger partial charge is 0.345 e. The first-order valence-corrected chi connectivity index (χ1v) is 6.38. The Morgan fingerprint density at radius 3 is 2.40 bits per heavy atom. The second kappa shape index (κ2) is 5.47. The van der Waals surface area contributed by atoms with Crippen LogP contribution in [0.4, 0.5) is 5.13 Å². The summed E-state index contributed by atoms with van der Waals surface area (Å²) < 4.78 is 0. The number of hydrogen-bond donors (Lipinski definition) is 0. The Morgan fingerprint density at radius 1 is 1.40 bits per heavy atom. The topological polar surface area (TPSA) is 19.4 Å². The van der Waals surface area contributed by atoms with E-state index in [4.69, 9.17) is 0 Å². The maximum atomic E-state index is 4.45. The minimum absolute atomic E-state index is 0.712. The Kier molecular flexibility index (Phi) is 4.54. The summed E-state index contributed by atoms with van der Waals surface area (Å²) in [6.07, 6.45) is 0. The summed E-state index contributed by atoms with van der Waals surface area (Å²) in [5.74, 6) is 0. The van der Waals surface area contributed by atoms with Crippen LogP contribution in [0.25, 0.3) is 0 Å². The summed E-state index contributed by atoms with van der Waals surface area (Å²) in [7, 11) is 4.27. The van der Waals surface area contributed by atoms with E-state index >= 15 is 0 Å². The van der Waals surface area contributed by atoms with Crippen LogP contribution in [0.3, 0.4) is 0 Å². The highest BCUT2D eigenvalue weighted by atomic mass is 32.1. The smallest absolute Gasteiger partial charge is 0.185 e. The van der Waals surface area contributed by atoms with E-state index in [1.54, 1.807) is 11.3 Å². The molecule has 0 spiro atoms. The van der Waals surface area contributed by atoms with E-state index < -0.39 is 0 Å². The van der Waals surface area contributed by atoms with Gasteiger partial charge in [0.25, 0.3) is 0 Å².